The summed E-state index contributed by atoms with van der Waals surface area (Å²) in [6, 6.07) is 8.47. The Hall–Kier alpha value is -0.620. The molecule has 2 N–H and O–H groups in total. The van der Waals surface area contributed by atoms with Gasteiger partial charge >= 0.3 is 0 Å². The summed E-state index contributed by atoms with van der Waals surface area (Å²) in [4.78, 5) is 11.2. The lowest BCUT2D eigenvalue weighted by molar-refractivity contribution is -0.121. The first kappa shape index (κ1) is 14.4. The van der Waals surface area contributed by atoms with Crippen LogP contribution < -0.4 is 5.32 Å². The fourth-order valence-corrected chi connectivity index (χ4v) is 1.91. The van der Waals surface area contributed by atoms with Gasteiger partial charge in [0.05, 0.1) is 6.61 Å². The highest BCUT2D eigenvalue weighted by Crippen LogP contribution is 2.10. The number of amides is 1. The van der Waals surface area contributed by atoms with E-state index in [1.807, 2.05) is 0 Å². The molecule has 0 aliphatic heterocycles. The van der Waals surface area contributed by atoms with Crippen LogP contribution in [0.15, 0.2) is 24.3 Å². The fraction of sp³-hybridized carbons (Fsp3) is 0.462. The lowest BCUT2D eigenvalue weighted by Gasteiger charge is -2.03. The van der Waals surface area contributed by atoms with Crippen LogP contribution in [0.5, 0.6) is 0 Å². The number of rotatable bonds is 7. The van der Waals surface area contributed by atoms with Crippen molar-refractivity contribution in [1.82, 2.24) is 5.32 Å². The molecule has 94 valence electrons. The minimum absolute atomic E-state index is 0.00832. The average molecular weight is 347 g/mol. The number of hydrogen-bond acceptors (Lipinski definition) is 2. The van der Waals surface area contributed by atoms with Gasteiger partial charge in [0.25, 0.3) is 0 Å². The van der Waals surface area contributed by atoms with Gasteiger partial charge in [0.2, 0.25) is 5.91 Å². The van der Waals surface area contributed by atoms with Crippen LogP contribution in [0.25, 0.3) is 0 Å². The molecule has 3 nitrogen and oxygen atoms in total. The summed E-state index contributed by atoms with van der Waals surface area (Å²) in [6.45, 7) is 0.365. The van der Waals surface area contributed by atoms with Crippen molar-refractivity contribution in [3.63, 3.8) is 0 Å². The van der Waals surface area contributed by atoms with Gasteiger partial charge in [0.1, 0.15) is 0 Å². The lowest BCUT2D eigenvalue weighted by atomic mass is 10.1. The summed E-state index contributed by atoms with van der Waals surface area (Å²) in [5.74, 6) is 0.0293. The van der Waals surface area contributed by atoms with Crippen molar-refractivity contribution in [2.75, 3.05) is 13.2 Å². The summed E-state index contributed by atoms with van der Waals surface area (Å²) in [5.41, 5.74) is 1.32. The van der Waals surface area contributed by atoms with E-state index in [0.29, 0.717) is 13.0 Å². The van der Waals surface area contributed by atoms with E-state index in [1.165, 1.54) is 9.13 Å². The molecule has 1 aromatic carbocycles. The number of aliphatic hydroxyl groups is 1. The van der Waals surface area contributed by atoms with Crippen molar-refractivity contribution in [3.05, 3.63) is 33.4 Å². The van der Waals surface area contributed by atoms with Gasteiger partial charge in [0, 0.05) is 16.5 Å². The van der Waals surface area contributed by atoms with E-state index in [1.54, 1.807) is 0 Å². The number of unbranched alkanes of at least 4 members (excludes halogenated alkanes) is 1. The molecule has 1 amide bonds. The van der Waals surface area contributed by atoms with Crippen molar-refractivity contribution in [1.29, 1.82) is 0 Å². The third kappa shape index (κ3) is 6.63. The summed E-state index contributed by atoms with van der Waals surface area (Å²) < 4.78 is 1.25. The molecule has 0 atom stereocenters. The van der Waals surface area contributed by atoms with Crippen LogP contribution in [-0.2, 0) is 11.2 Å². The number of aliphatic hydroxyl groups excluding tert-OH is 1. The second-order valence-corrected chi connectivity index (χ2v) is 5.15. The van der Waals surface area contributed by atoms with Gasteiger partial charge < -0.3 is 10.4 Å². The maximum atomic E-state index is 11.2. The lowest BCUT2D eigenvalue weighted by Crippen LogP contribution is -2.25. The van der Waals surface area contributed by atoms with Crippen molar-refractivity contribution in [3.8, 4) is 0 Å². The molecule has 17 heavy (non-hydrogen) atoms. The molecule has 0 aliphatic rings. The second-order valence-electron chi connectivity index (χ2n) is 3.91. The smallest absolute Gasteiger partial charge is 0.220 e. The van der Waals surface area contributed by atoms with Crippen molar-refractivity contribution in [2.45, 2.75) is 25.7 Å². The molecule has 0 heterocycles. The Morgan fingerprint density at radius 1 is 1.24 bits per heavy atom. The fourth-order valence-electron chi connectivity index (χ4n) is 1.55. The topological polar surface area (TPSA) is 49.3 Å². The Kier molecular flexibility index (Phi) is 7.19. The number of halogens is 1. The molecule has 0 bridgehead atoms. The molecule has 1 rings (SSSR count). The maximum Gasteiger partial charge on any atom is 0.220 e. The maximum absolute atomic E-state index is 11.2. The highest BCUT2D eigenvalue weighted by Gasteiger charge is 2.00. The Labute approximate surface area is 116 Å². The van der Waals surface area contributed by atoms with Gasteiger partial charge in [-0.05, 0) is 59.5 Å². The molecular weight excluding hydrogens is 329 g/mol. The summed E-state index contributed by atoms with van der Waals surface area (Å²) in [7, 11) is 0. The quantitative estimate of drug-likeness (QED) is 0.586. The van der Waals surface area contributed by atoms with Crippen LogP contribution >= 0.6 is 22.6 Å². The molecule has 0 spiro atoms. The Balaban J connectivity index is 2.11. The first-order valence-electron chi connectivity index (χ1n) is 5.84. The summed E-state index contributed by atoms with van der Waals surface area (Å²) in [5, 5.41) is 11.2. The van der Waals surface area contributed by atoms with E-state index in [0.717, 1.165) is 19.3 Å². The Bertz CT molecular complexity index is 338. The van der Waals surface area contributed by atoms with Crippen LogP contribution in [0.1, 0.15) is 24.8 Å². The average Bonchev–Trinajstić information content (AvgIpc) is 2.34. The third-order valence-electron chi connectivity index (χ3n) is 2.47. The minimum atomic E-state index is 0.00832. The normalized spacial score (nSPS) is 10.2. The number of hydrogen-bond donors (Lipinski definition) is 2. The van der Waals surface area contributed by atoms with Crippen LogP contribution in [0.4, 0.5) is 0 Å². The number of benzene rings is 1. The van der Waals surface area contributed by atoms with E-state index in [9.17, 15) is 4.79 Å². The molecule has 0 saturated heterocycles. The molecule has 4 heteroatoms. The number of nitrogens with one attached hydrogen (secondary N) is 1. The predicted molar refractivity (Wildman–Crippen MR) is 76.8 cm³/mol. The van der Waals surface area contributed by atoms with Gasteiger partial charge in [-0.3, -0.25) is 4.79 Å². The zero-order chi connectivity index (χ0) is 12.5. The van der Waals surface area contributed by atoms with Crippen molar-refractivity contribution in [2.24, 2.45) is 0 Å². The molecule has 0 unspecified atom stereocenters. The standard InChI is InChI=1S/C13H18INO2/c14-12-7-5-11(6-8-12)3-1-2-4-13(17)15-9-10-16/h5-8,16H,1-4,9-10H2,(H,15,17). The molecule has 0 radical (unpaired) electrons. The number of aryl methyl sites for hydroxylation is 1. The first-order valence-corrected chi connectivity index (χ1v) is 6.92. The second kappa shape index (κ2) is 8.47. The van der Waals surface area contributed by atoms with Gasteiger partial charge in [-0.2, -0.15) is 0 Å². The van der Waals surface area contributed by atoms with E-state index >= 15 is 0 Å². The molecule has 0 saturated carbocycles. The first-order chi connectivity index (χ1) is 8.22. The Morgan fingerprint density at radius 2 is 1.94 bits per heavy atom. The van der Waals surface area contributed by atoms with E-state index < -0.39 is 0 Å². The van der Waals surface area contributed by atoms with Crippen molar-refractivity contribution >= 4 is 28.5 Å². The summed E-state index contributed by atoms with van der Waals surface area (Å²) in [6.07, 6.45) is 3.48. The molecule has 0 fully saturated rings. The zero-order valence-corrected chi connectivity index (χ0v) is 11.9. The third-order valence-corrected chi connectivity index (χ3v) is 3.19. The van der Waals surface area contributed by atoms with Crippen molar-refractivity contribution < 1.29 is 9.90 Å². The van der Waals surface area contributed by atoms with Crippen LogP contribution in [0.3, 0.4) is 0 Å². The largest absolute Gasteiger partial charge is 0.395 e. The van der Waals surface area contributed by atoms with Crippen LogP contribution in [-0.4, -0.2) is 24.2 Å². The number of carbonyl (C=O) groups is 1. The number of carbonyl (C=O) groups excluding carboxylic acids is 1. The van der Waals surface area contributed by atoms with E-state index in [4.69, 9.17) is 5.11 Å². The SMILES string of the molecule is O=C(CCCCc1ccc(I)cc1)NCCO. The molecular formula is C13H18INO2. The monoisotopic (exact) mass is 347 g/mol. The van der Waals surface area contributed by atoms with Gasteiger partial charge in [-0.25, -0.2) is 0 Å². The molecule has 1 aromatic rings. The minimum Gasteiger partial charge on any atom is -0.395 e. The molecule has 0 aliphatic carbocycles. The van der Waals surface area contributed by atoms with E-state index in [2.05, 4.69) is 52.2 Å². The zero-order valence-electron chi connectivity index (χ0n) is 9.79. The van der Waals surface area contributed by atoms with Gasteiger partial charge in [0.15, 0.2) is 0 Å². The predicted octanol–water partition coefficient (Wildman–Crippen LogP) is 2.11. The highest BCUT2D eigenvalue weighted by molar-refractivity contribution is 14.1. The molecule has 0 aromatic heterocycles. The van der Waals surface area contributed by atoms with E-state index in [-0.39, 0.29) is 12.5 Å². The van der Waals surface area contributed by atoms with Gasteiger partial charge in [-0.1, -0.05) is 12.1 Å². The van der Waals surface area contributed by atoms with Gasteiger partial charge in [-0.15, -0.1) is 0 Å². The summed E-state index contributed by atoms with van der Waals surface area (Å²) >= 11 is 2.29. The van der Waals surface area contributed by atoms with Crippen LogP contribution in [0.2, 0.25) is 0 Å². The highest BCUT2D eigenvalue weighted by atomic mass is 127. The van der Waals surface area contributed by atoms with Crippen LogP contribution in [0, 0.1) is 3.57 Å². The Morgan fingerprint density at radius 3 is 2.59 bits per heavy atom.